The molecule has 0 bridgehead atoms. The van der Waals surface area contributed by atoms with E-state index in [2.05, 4.69) is 0 Å². The van der Waals surface area contributed by atoms with E-state index >= 15 is 0 Å². The van der Waals surface area contributed by atoms with Crippen LogP contribution in [0.2, 0.25) is 0 Å². The summed E-state index contributed by atoms with van der Waals surface area (Å²) in [6.07, 6.45) is 0. The van der Waals surface area contributed by atoms with Crippen molar-refractivity contribution in [1.29, 1.82) is 0 Å². The maximum atomic E-state index is 13.2. The van der Waals surface area contributed by atoms with E-state index in [0.717, 1.165) is 0 Å². The Balaban J connectivity index is 2.33. The molecule has 7 nitrogen and oxygen atoms in total. The molecule has 0 aliphatic heterocycles. The summed E-state index contributed by atoms with van der Waals surface area (Å²) < 4.78 is 20.1. The van der Waals surface area contributed by atoms with E-state index in [-0.39, 0.29) is 11.1 Å². The fourth-order valence-electron chi connectivity index (χ4n) is 3.29. The summed E-state index contributed by atoms with van der Waals surface area (Å²) in [4.78, 5) is 38.2. The van der Waals surface area contributed by atoms with Gasteiger partial charge in [0.25, 0.3) is 0 Å². The quantitative estimate of drug-likeness (QED) is 0.536. The summed E-state index contributed by atoms with van der Waals surface area (Å²) in [5, 5.41) is 0. The first-order valence-corrected chi connectivity index (χ1v) is 8.95. The summed E-state index contributed by atoms with van der Waals surface area (Å²) in [6, 6.07) is 13.6. The lowest BCUT2D eigenvalue weighted by molar-refractivity contribution is -0.138. The third-order valence-electron chi connectivity index (χ3n) is 4.74. The Kier molecular flexibility index (Phi) is 6.01. The number of allylic oxidation sites excluding steroid dienone is 2. The second kappa shape index (κ2) is 8.65. The number of hydrogen-bond donors (Lipinski definition) is 0. The summed E-state index contributed by atoms with van der Waals surface area (Å²) in [5.41, 5.74) is 1.23. The van der Waals surface area contributed by atoms with Crippen molar-refractivity contribution in [3.05, 3.63) is 70.8 Å². The zero-order chi connectivity index (χ0) is 21.8. The van der Waals surface area contributed by atoms with E-state index in [1.165, 1.54) is 28.4 Å². The third kappa shape index (κ3) is 3.57. The highest BCUT2D eigenvalue weighted by atomic mass is 16.5. The van der Waals surface area contributed by atoms with Crippen molar-refractivity contribution in [2.45, 2.75) is 0 Å². The van der Waals surface area contributed by atoms with Crippen LogP contribution in [0.4, 0.5) is 0 Å². The Hall–Kier alpha value is -3.87. The number of methoxy groups -OCH3 is 4. The highest BCUT2D eigenvalue weighted by Gasteiger charge is 2.41. The number of hydrogen-bond acceptors (Lipinski definition) is 7. The minimum absolute atomic E-state index is 0.228. The Morgan fingerprint density at radius 1 is 0.600 bits per heavy atom. The van der Waals surface area contributed by atoms with Crippen LogP contribution < -0.4 is 9.47 Å². The molecule has 154 valence electrons. The van der Waals surface area contributed by atoms with Gasteiger partial charge in [-0.2, -0.15) is 0 Å². The molecule has 0 radical (unpaired) electrons. The van der Waals surface area contributed by atoms with Crippen LogP contribution in [0.25, 0.3) is 11.1 Å². The summed E-state index contributed by atoms with van der Waals surface area (Å²) in [5.74, 6) is -1.21. The number of benzene rings is 2. The van der Waals surface area contributed by atoms with Crippen molar-refractivity contribution < 1.29 is 33.3 Å². The van der Waals surface area contributed by atoms with Crippen molar-refractivity contribution in [3.63, 3.8) is 0 Å². The van der Waals surface area contributed by atoms with E-state index in [1.807, 2.05) is 0 Å². The lowest BCUT2D eigenvalue weighted by Crippen LogP contribution is -2.18. The molecule has 0 saturated carbocycles. The van der Waals surface area contributed by atoms with Gasteiger partial charge < -0.3 is 18.9 Å². The van der Waals surface area contributed by atoms with Gasteiger partial charge in [0.05, 0.1) is 28.4 Å². The summed E-state index contributed by atoms with van der Waals surface area (Å²) in [6.45, 7) is 0. The van der Waals surface area contributed by atoms with Gasteiger partial charge in [-0.1, -0.05) is 24.3 Å². The number of Topliss-reactive ketones (excluding diaryl/α,β-unsaturated/α-hetero) is 1. The minimum atomic E-state index is -0.837. The van der Waals surface area contributed by atoms with Gasteiger partial charge in [0.1, 0.15) is 22.6 Å². The molecule has 2 aromatic carbocycles. The van der Waals surface area contributed by atoms with Gasteiger partial charge >= 0.3 is 11.9 Å². The largest absolute Gasteiger partial charge is 0.497 e. The van der Waals surface area contributed by atoms with Gasteiger partial charge in [-0.05, 0) is 35.4 Å². The van der Waals surface area contributed by atoms with Gasteiger partial charge in [-0.25, -0.2) is 9.59 Å². The van der Waals surface area contributed by atoms with Crippen molar-refractivity contribution in [2.75, 3.05) is 28.4 Å². The molecule has 0 N–H and O–H groups in total. The van der Waals surface area contributed by atoms with Crippen LogP contribution in [-0.2, 0) is 23.9 Å². The van der Waals surface area contributed by atoms with E-state index < -0.39 is 17.7 Å². The molecule has 0 heterocycles. The number of carbonyl (C=O) groups is 3. The van der Waals surface area contributed by atoms with Crippen molar-refractivity contribution in [3.8, 4) is 11.5 Å². The van der Waals surface area contributed by atoms with Gasteiger partial charge in [0, 0.05) is 11.1 Å². The molecule has 0 unspecified atom stereocenters. The lowest BCUT2D eigenvalue weighted by Gasteiger charge is -2.13. The minimum Gasteiger partial charge on any atom is -0.497 e. The van der Waals surface area contributed by atoms with E-state index in [9.17, 15) is 14.4 Å². The van der Waals surface area contributed by atoms with Crippen LogP contribution >= 0.6 is 0 Å². The van der Waals surface area contributed by atoms with Crippen LogP contribution in [0, 0.1) is 0 Å². The van der Waals surface area contributed by atoms with Crippen LogP contribution in [-0.4, -0.2) is 46.2 Å². The van der Waals surface area contributed by atoms with E-state index in [1.54, 1.807) is 48.5 Å². The summed E-state index contributed by atoms with van der Waals surface area (Å²) >= 11 is 0. The molecule has 0 spiro atoms. The van der Waals surface area contributed by atoms with Crippen LogP contribution in [0.15, 0.2) is 59.7 Å². The average molecular weight is 408 g/mol. The second-order valence-corrected chi connectivity index (χ2v) is 6.27. The lowest BCUT2D eigenvalue weighted by atomic mass is 9.91. The highest BCUT2D eigenvalue weighted by Crippen LogP contribution is 2.44. The number of rotatable bonds is 6. The standard InChI is InChI=1S/C23H20O7/c1-27-15-9-5-13(6-10-15)17-18(14-7-11-16(28-2)12-8-14)20(23(26)30-4)21(24)19(17)22(25)29-3/h5-12H,1-4H3. The fraction of sp³-hybridized carbons (Fsp3) is 0.174. The van der Waals surface area contributed by atoms with Crippen molar-refractivity contribution >= 4 is 28.9 Å². The normalized spacial score (nSPS) is 13.4. The monoisotopic (exact) mass is 408 g/mol. The first kappa shape index (κ1) is 20.9. The molecule has 3 rings (SSSR count). The van der Waals surface area contributed by atoms with Crippen LogP contribution in [0.3, 0.4) is 0 Å². The zero-order valence-corrected chi connectivity index (χ0v) is 17.0. The van der Waals surface area contributed by atoms with E-state index in [0.29, 0.717) is 33.8 Å². The second-order valence-electron chi connectivity index (χ2n) is 6.27. The Morgan fingerprint density at radius 2 is 0.933 bits per heavy atom. The number of esters is 2. The maximum Gasteiger partial charge on any atom is 0.342 e. The molecule has 0 saturated heterocycles. The Morgan fingerprint density at radius 3 is 1.20 bits per heavy atom. The molecule has 0 fully saturated rings. The van der Waals surface area contributed by atoms with E-state index in [4.69, 9.17) is 18.9 Å². The Bertz CT molecular complexity index is 972. The predicted octanol–water partition coefficient (Wildman–Crippen LogP) is 2.84. The molecule has 1 aliphatic rings. The van der Waals surface area contributed by atoms with Gasteiger partial charge in [0.2, 0.25) is 5.78 Å². The topological polar surface area (TPSA) is 88.1 Å². The molecular weight excluding hydrogens is 388 g/mol. The summed E-state index contributed by atoms with van der Waals surface area (Å²) in [7, 11) is 5.42. The smallest absolute Gasteiger partial charge is 0.342 e. The molecule has 30 heavy (non-hydrogen) atoms. The van der Waals surface area contributed by atoms with Crippen molar-refractivity contribution in [2.24, 2.45) is 0 Å². The highest BCUT2D eigenvalue weighted by molar-refractivity contribution is 6.47. The number of ether oxygens (including phenoxy) is 4. The van der Waals surface area contributed by atoms with Crippen molar-refractivity contribution in [1.82, 2.24) is 0 Å². The first-order chi connectivity index (χ1) is 14.5. The number of carbonyl (C=O) groups excluding carboxylic acids is 3. The van der Waals surface area contributed by atoms with Gasteiger partial charge in [-0.15, -0.1) is 0 Å². The Labute approximate surface area is 173 Å². The third-order valence-corrected chi connectivity index (χ3v) is 4.74. The molecule has 0 aromatic heterocycles. The van der Waals surface area contributed by atoms with Gasteiger partial charge in [0.15, 0.2) is 0 Å². The maximum absolute atomic E-state index is 13.2. The molecule has 0 amide bonds. The predicted molar refractivity (Wildman–Crippen MR) is 109 cm³/mol. The SMILES string of the molecule is COC(=O)C1=C(c2ccc(OC)cc2)C(c2ccc(OC)cc2)=C(C(=O)OC)C1=O. The van der Waals surface area contributed by atoms with Crippen LogP contribution in [0.5, 0.6) is 11.5 Å². The zero-order valence-electron chi connectivity index (χ0n) is 17.0. The first-order valence-electron chi connectivity index (χ1n) is 8.95. The number of ketones is 1. The molecule has 1 aliphatic carbocycles. The molecule has 0 atom stereocenters. The van der Waals surface area contributed by atoms with Crippen LogP contribution in [0.1, 0.15) is 11.1 Å². The molecular formula is C23H20O7. The fourth-order valence-corrected chi connectivity index (χ4v) is 3.29. The average Bonchev–Trinajstić information content (AvgIpc) is 3.10. The molecule has 7 heteroatoms. The van der Waals surface area contributed by atoms with Gasteiger partial charge in [-0.3, -0.25) is 4.79 Å². The molecule has 2 aromatic rings.